The summed E-state index contributed by atoms with van der Waals surface area (Å²) in [6.07, 6.45) is 5.50. The van der Waals surface area contributed by atoms with Gasteiger partial charge in [0.05, 0.1) is 17.4 Å². The van der Waals surface area contributed by atoms with Crippen LogP contribution in [-0.2, 0) is 19.6 Å². The summed E-state index contributed by atoms with van der Waals surface area (Å²) >= 11 is 0. The van der Waals surface area contributed by atoms with Gasteiger partial charge in [-0.1, -0.05) is 0 Å². The fourth-order valence-electron chi connectivity index (χ4n) is 3.39. The molecule has 176 valence electrons. The fourth-order valence-corrected chi connectivity index (χ4v) is 4.85. The molecule has 2 fully saturated rings. The van der Waals surface area contributed by atoms with Crippen LogP contribution in [0.5, 0.6) is 5.75 Å². The second-order valence-corrected chi connectivity index (χ2v) is 10.7. The molecule has 1 saturated carbocycles. The first-order valence-corrected chi connectivity index (χ1v) is 12.3. The third-order valence-corrected chi connectivity index (χ3v) is 7.15. The number of hydrogen-bond donors (Lipinski definition) is 2. The second-order valence-electron chi connectivity index (χ2n) is 9.05. The number of amides is 2. The Balaban J connectivity index is 1.51. The van der Waals surface area contributed by atoms with Crippen molar-refractivity contribution in [2.75, 3.05) is 13.2 Å². The molecular formula is C22H30FN3O5S. The van der Waals surface area contributed by atoms with Crippen LogP contribution < -0.4 is 14.8 Å². The van der Waals surface area contributed by atoms with Crippen molar-refractivity contribution in [1.82, 2.24) is 10.0 Å². The summed E-state index contributed by atoms with van der Waals surface area (Å²) in [4.78, 5) is 27.1. The second kappa shape index (κ2) is 10.1. The van der Waals surface area contributed by atoms with Crippen LogP contribution in [0.25, 0.3) is 0 Å². The van der Waals surface area contributed by atoms with Crippen LogP contribution >= 0.6 is 0 Å². The van der Waals surface area contributed by atoms with Crippen molar-refractivity contribution in [1.29, 1.82) is 0 Å². The fraction of sp³-hybridized carbons (Fsp3) is 0.591. The molecule has 1 aromatic carbocycles. The van der Waals surface area contributed by atoms with Crippen molar-refractivity contribution in [3.8, 4) is 5.75 Å². The van der Waals surface area contributed by atoms with Crippen LogP contribution in [0.3, 0.4) is 0 Å². The minimum atomic E-state index is -3.87. The van der Waals surface area contributed by atoms with E-state index >= 15 is 0 Å². The number of aliphatic imine (C=N–C) groups is 1. The predicted molar refractivity (Wildman–Crippen MR) is 117 cm³/mol. The standard InChI is InChI=1S/C22H30FN3O5S/c1-22(2,10-3-11-24-13-16-6-9-20(27)25-21(16)28)26-32(29,30)17-7-8-18(23)19(12-17)31-14-15-4-5-15/h7-8,12-13,15-16,26H,3-6,9-11,14H2,1-2H3,(H,25,27,28). The molecule has 0 aromatic heterocycles. The molecule has 1 aliphatic carbocycles. The van der Waals surface area contributed by atoms with E-state index in [1.807, 2.05) is 0 Å². The average Bonchev–Trinajstić information content (AvgIpc) is 3.52. The quantitative estimate of drug-likeness (QED) is 0.295. The molecule has 1 heterocycles. The highest BCUT2D eigenvalue weighted by molar-refractivity contribution is 7.89. The maximum absolute atomic E-state index is 14.0. The molecule has 10 heteroatoms. The molecule has 8 nitrogen and oxygen atoms in total. The van der Waals surface area contributed by atoms with E-state index in [4.69, 9.17) is 4.74 Å². The van der Waals surface area contributed by atoms with Crippen LogP contribution in [0, 0.1) is 17.7 Å². The van der Waals surface area contributed by atoms with E-state index in [-0.39, 0.29) is 22.5 Å². The van der Waals surface area contributed by atoms with Gasteiger partial charge in [-0.3, -0.25) is 19.9 Å². The first-order chi connectivity index (χ1) is 15.1. The maximum atomic E-state index is 14.0. The molecule has 1 atom stereocenters. The molecule has 1 aliphatic heterocycles. The first-order valence-electron chi connectivity index (χ1n) is 10.9. The number of imide groups is 1. The smallest absolute Gasteiger partial charge is 0.241 e. The van der Waals surface area contributed by atoms with Gasteiger partial charge in [-0.15, -0.1) is 0 Å². The number of carbonyl (C=O) groups excluding carboxylic acids is 2. The SMILES string of the molecule is CC(C)(CCCN=CC1CCC(=O)NC1=O)NS(=O)(=O)c1ccc(F)c(OCC2CC2)c1. The highest BCUT2D eigenvalue weighted by Crippen LogP contribution is 2.31. The van der Waals surface area contributed by atoms with Gasteiger partial charge in [-0.2, -0.15) is 0 Å². The average molecular weight is 468 g/mol. The van der Waals surface area contributed by atoms with Gasteiger partial charge >= 0.3 is 0 Å². The normalized spacial score (nSPS) is 19.9. The zero-order valence-electron chi connectivity index (χ0n) is 18.4. The number of hydrogen-bond acceptors (Lipinski definition) is 6. The van der Waals surface area contributed by atoms with E-state index in [1.165, 1.54) is 12.1 Å². The topological polar surface area (TPSA) is 114 Å². The number of benzene rings is 1. The Labute approximate surface area is 188 Å². The van der Waals surface area contributed by atoms with Gasteiger partial charge in [0.25, 0.3) is 0 Å². The molecule has 1 saturated heterocycles. The number of ether oxygens (including phenoxy) is 1. The molecule has 3 rings (SSSR count). The molecule has 0 bridgehead atoms. The van der Waals surface area contributed by atoms with Gasteiger partial charge < -0.3 is 4.74 Å². The van der Waals surface area contributed by atoms with Crippen LogP contribution in [0.15, 0.2) is 28.1 Å². The summed E-state index contributed by atoms with van der Waals surface area (Å²) < 4.78 is 47.8. The third kappa shape index (κ3) is 7.09. The number of rotatable bonds is 11. The third-order valence-electron chi connectivity index (χ3n) is 5.45. The van der Waals surface area contributed by atoms with Gasteiger partial charge in [0, 0.05) is 30.8 Å². The molecule has 0 radical (unpaired) electrons. The molecular weight excluding hydrogens is 437 g/mol. The number of nitrogens with one attached hydrogen (secondary N) is 2. The van der Waals surface area contributed by atoms with Gasteiger partial charge in [-0.25, -0.2) is 17.5 Å². The molecule has 0 spiro atoms. The van der Waals surface area contributed by atoms with E-state index in [9.17, 15) is 22.4 Å². The zero-order valence-corrected chi connectivity index (χ0v) is 19.2. The van der Waals surface area contributed by atoms with E-state index in [2.05, 4.69) is 15.0 Å². The van der Waals surface area contributed by atoms with Crippen LogP contribution in [-0.4, -0.2) is 45.1 Å². The molecule has 2 aliphatic rings. The summed E-state index contributed by atoms with van der Waals surface area (Å²) in [6.45, 7) is 4.35. The summed E-state index contributed by atoms with van der Waals surface area (Å²) in [5.41, 5.74) is -0.758. The lowest BCUT2D eigenvalue weighted by atomic mass is 9.99. The Bertz CT molecular complexity index is 989. The minimum Gasteiger partial charge on any atom is -0.490 e. The Morgan fingerprint density at radius 1 is 1.28 bits per heavy atom. The van der Waals surface area contributed by atoms with E-state index < -0.39 is 27.3 Å². The number of nitrogens with zero attached hydrogens (tertiary/aromatic N) is 1. The van der Waals surface area contributed by atoms with Gasteiger partial charge in [0.15, 0.2) is 11.6 Å². The highest BCUT2D eigenvalue weighted by atomic mass is 32.2. The minimum absolute atomic E-state index is 0.0475. The Morgan fingerprint density at radius 2 is 2.03 bits per heavy atom. The molecule has 32 heavy (non-hydrogen) atoms. The van der Waals surface area contributed by atoms with E-state index in [1.54, 1.807) is 20.1 Å². The number of sulfonamides is 1. The monoisotopic (exact) mass is 467 g/mol. The van der Waals surface area contributed by atoms with Crippen molar-refractivity contribution in [2.45, 2.75) is 62.8 Å². The largest absolute Gasteiger partial charge is 0.490 e. The Kier molecular flexibility index (Phi) is 7.66. The van der Waals surface area contributed by atoms with Gasteiger partial charge in [0.2, 0.25) is 21.8 Å². The lowest BCUT2D eigenvalue weighted by molar-refractivity contribution is -0.134. The highest BCUT2D eigenvalue weighted by Gasteiger charge is 2.28. The lowest BCUT2D eigenvalue weighted by Gasteiger charge is -2.26. The van der Waals surface area contributed by atoms with Crippen molar-refractivity contribution in [3.63, 3.8) is 0 Å². The first kappa shape index (κ1) is 24.3. The summed E-state index contributed by atoms with van der Waals surface area (Å²) in [5.74, 6) is -1.23. The predicted octanol–water partition coefficient (Wildman–Crippen LogP) is 2.58. The lowest BCUT2D eigenvalue weighted by Crippen LogP contribution is -2.43. The summed E-state index contributed by atoms with van der Waals surface area (Å²) in [5, 5.41) is 2.28. The van der Waals surface area contributed by atoms with E-state index in [0.717, 1.165) is 18.9 Å². The molecule has 1 unspecified atom stereocenters. The van der Waals surface area contributed by atoms with Crippen molar-refractivity contribution in [3.05, 3.63) is 24.0 Å². The molecule has 2 N–H and O–H groups in total. The molecule has 1 aromatic rings. The van der Waals surface area contributed by atoms with Crippen LogP contribution in [0.2, 0.25) is 0 Å². The van der Waals surface area contributed by atoms with Gasteiger partial charge in [0.1, 0.15) is 0 Å². The number of carbonyl (C=O) groups is 2. The van der Waals surface area contributed by atoms with Crippen molar-refractivity contribution >= 4 is 28.1 Å². The van der Waals surface area contributed by atoms with Crippen molar-refractivity contribution < 1.29 is 27.1 Å². The summed E-state index contributed by atoms with van der Waals surface area (Å²) in [6, 6.07) is 3.55. The number of halogens is 1. The zero-order chi connectivity index (χ0) is 23.4. The Morgan fingerprint density at radius 3 is 2.72 bits per heavy atom. The maximum Gasteiger partial charge on any atom is 0.241 e. The number of piperidine rings is 1. The van der Waals surface area contributed by atoms with Gasteiger partial charge in [-0.05, 0) is 64.0 Å². The van der Waals surface area contributed by atoms with Crippen LogP contribution in [0.1, 0.15) is 52.4 Å². The Hall–Kier alpha value is -2.33. The van der Waals surface area contributed by atoms with Crippen LogP contribution in [0.4, 0.5) is 4.39 Å². The van der Waals surface area contributed by atoms with Crippen molar-refractivity contribution in [2.24, 2.45) is 16.8 Å². The summed E-state index contributed by atoms with van der Waals surface area (Å²) in [7, 11) is -3.87. The van der Waals surface area contributed by atoms with E-state index in [0.29, 0.717) is 44.8 Å². The molecule has 2 amide bonds.